The van der Waals surface area contributed by atoms with Gasteiger partial charge in [0.1, 0.15) is 23.1 Å². The van der Waals surface area contributed by atoms with Gasteiger partial charge in [0, 0.05) is 25.7 Å². The summed E-state index contributed by atoms with van der Waals surface area (Å²) in [6, 6.07) is 8.75. The number of aliphatic imine (C=N–C) groups is 1. The predicted molar refractivity (Wildman–Crippen MR) is 120 cm³/mol. The van der Waals surface area contributed by atoms with Crippen LogP contribution >= 0.6 is 24.0 Å². The number of nitrogens with one attached hydrogen (secondary N) is 2. The summed E-state index contributed by atoms with van der Waals surface area (Å²) in [5, 5.41) is 6.38. The average molecular weight is 503 g/mol. The van der Waals surface area contributed by atoms with E-state index < -0.39 is 0 Å². The molecule has 154 valence electrons. The molecule has 2 rings (SSSR count). The molecule has 0 fully saturated rings. The summed E-state index contributed by atoms with van der Waals surface area (Å²) < 4.78 is 29.8. The molecule has 0 atom stereocenters. The number of nitrogens with zero attached hydrogens (tertiary/aromatic N) is 1. The molecule has 0 unspecified atom stereocenters. The van der Waals surface area contributed by atoms with E-state index in [4.69, 9.17) is 14.2 Å². The molecule has 0 saturated heterocycles. The van der Waals surface area contributed by atoms with E-state index in [1.54, 1.807) is 53.5 Å². The number of methoxy groups -OCH3 is 3. The number of rotatable bonds is 7. The number of benzene rings is 2. The molecule has 0 bridgehead atoms. The predicted octanol–water partition coefficient (Wildman–Crippen LogP) is 3.64. The van der Waals surface area contributed by atoms with Crippen molar-refractivity contribution in [2.24, 2.45) is 4.99 Å². The average Bonchev–Trinajstić information content (AvgIpc) is 2.70. The number of guanidine groups is 1. The summed E-state index contributed by atoms with van der Waals surface area (Å²) >= 11 is 0. The second-order valence-corrected chi connectivity index (χ2v) is 5.87. The van der Waals surface area contributed by atoms with Gasteiger partial charge in [-0.05, 0) is 24.1 Å². The van der Waals surface area contributed by atoms with Crippen molar-refractivity contribution < 1.29 is 18.6 Å². The summed E-state index contributed by atoms with van der Waals surface area (Å²) in [4.78, 5) is 4.20. The van der Waals surface area contributed by atoms with Crippen molar-refractivity contribution in [3.05, 3.63) is 52.8 Å². The molecule has 0 aliphatic heterocycles. The molecule has 2 N–H and O–H groups in total. The van der Waals surface area contributed by atoms with Crippen molar-refractivity contribution in [2.45, 2.75) is 20.0 Å². The Morgan fingerprint density at radius 3 is 2.07 bits per heavy atom. The first kappa shape index (κ1) is 23.8. The quantitative estimate of drug-likeness (QED) is 0.343. The molecule has 0 saturated carbocycles. The van der Waals surface area contributed by atoms with Gasteiger partial charge >= 0.3 is 0 Å². The van der Waals surface area contributed by atoms with Crippen molar-refractivity contribution in [3.8, 4) is 17.2 Å². The van der Waals surface area contributed by atoms with Gasteiger partial charge in [-0.2, -0.15) is 0 Å². The normalized spacial score (nSPS) is 10.7. The van der Waals surface area contributed by atoms with Crippen LogP contribution in [0.3, 0.4) is 0 Å². The molecule has 0 heterocycles. The van der Waals surface area contributed by atoms with Crippen molar-refractivity contribution >= 4 is 29.9 Å². The highest BCUT2D eigenvalue weighted by Gasteiger charge is 2.13. The minimum atomic E-state index is -0.218. The van der Waals surface area contributed by atoms with Crippen LogP contribution in [0.2, 0.25) is 0 Å². The van der Waals surface area contributed by atoms with E-state index in [0.717, 1.165) is 11.1 Å². The third-order valence-corrected chi connectivity index (χ3v) is 4.17. The van der Waals surface area contributed by atoms with Crippen LogP contribution in [0.1, 0.15) is 16.7 Å². The second kappa shape index (κ2) is 11.6. The van der Waals surface area contributed by atoms with Crippen molar-refractivity contribution in [1.82, 2.24) is 10.6 Å². The SMILES string of the molecule is CN=C(NCc1ccc(C)c(F)c1)NCc1c(OC)cc(OC)cc1OC.I. The summed E-state index contributed by atoms with van der Waals surface area (Å²) in [5.41, 5.74) is 2.30. The lowest BCUT2D eigenvalue weighted by Crippen LogP contribution is -2.36. The first-order chi connectivity index (χ1) is 13.0. The highest BCUT2D eigenvalue weighted by Crippen LogP contribution is 2.33. The summed E-state index contributed by atoms with van der Waals surface area (Å²) in [5.74, 6) is 2.31. The van der Waals surface area contributed by atoms with E-state index in [1.807, 2.05) is 6.07 Å². The van der Waals surface area contributed by atoms with Crippen LogP contribution in [-0.2, 0) is 13.1 Å². The Hall–Kier alpha value is -2.23. The fraction of sp³-hybridized carbons (Fsp3) is 0.350. The van der Waals surface area contributed by atoms with Gasteiger partial charge in [-0.3, -0.25) is 4.99 Å². The Labute approximate surface area is 182 Å². The zero-order valence-electron chi connectivity index (χ0n) is 16.8. The van der Waals surface area contributed by atoms with E-state index in [9.17, 15) is 4.39 Å². The van der Waals surface area contributed by atoms with Gasteiger partial charge in [-0.1, -0.05) is 12.1 Å². The van der Waals surface area contributed by atoms with Crippen LogP contribution in [0.25, 0.3) is 0 Å². The van der Waals surface area contributed by atoms with Gasteiger partial charge in [0.05, 0.1) is 33.4 Å². The molecule has 0 aliphatic carbocycles. The molecule has 2 aromatic carbocycles. The van der Waals surface area contributed by atoms with E-state index in [2.05, 4.69) is 15.6 Å². The highest BCUT2D eigenvalue weighted by molar-refractivity contribution is 14.0. The van der Waals surface area contributed by atoms with E-state index in [-0.39, 0.29) is 29.8 Å². The van der Waals surface area contributed by atoms with Crippen LogP contribution in [0.4, 0.5) is 4.39 Å². The lowest BCUT2D eigenvalue weighted by Gasteiger charge is -2.17. The molecular formula is C20H27FIN3O3. The maximum Gasteiger partial charge on any atom is 0.191 e. The van der Waals surface area contributed by atoms with Gasteiger partial charge < -0.3 is 24.8 Å². The third kappa shape index (κ3) is 6.15. The molecule has 8 heteroatoms. The van der Waals surface area contributed by atoms with E-state index in [1.165, 1.54) is 6.07 Å². The van der Waals surface area contributed by atoms with Crippen LogP contribution < -0.4 is 24.8 Å². The molecule has 0 spiro atoms. The maximum absolute atomic E-state index is 13.7. The first-order valence-electron chi connectivity index (χ1n) is 8.50. The minimum absolute atomic E-state index is 0. The number of halogens is 2. The second-order valence-electron chi connectivity index (χ2n) is 5.87. The van der Waals surface area contributed by atoms with Gasteiger partial charge in [0.25, 0.3) is 0 Å². The monoisotopic (exact) mass is 503 g/mol. The zero-order chi connectivity index (χ0) is 19.8. The molecule has 28 heavy (non-hydrogen) atoms. The lowest BCUT2D eigenvalue weighted by molar-refractivity contribution is 0.368. The summed E-state index contributed by atoms with van der Waals surface area (Å²) in [7, 11) is 6.45. The molecule has 0 radical (unpaired) electrons. The van der Waals surface area contributed by atoms with Crippen LogP contribution in [0.5, 0.6) is 17.2 Å². The van der Waals surface area contributed by atoms with Crippen LogP contribution in [-0.4, -0.2) is 34.3 Å². The van der Waals surface area contributed by atoms with Crippen molar-refractivity contribution in [3.63, 3.8) is 0 Å². The Bertz CT molecular complexity index is 790. The Balaban J connectivity index is 0.00000392. The first-order valence-corrected chi connectivity index (χ1v) is 8.50. The largest absolute Gasteiger partial charge is 0.496 e. The number of ether oxygens (including phenoxy) is 3. The molecular weight excluding hydrogens is 476 g/mol. The highest BCUT2D eigenvalue weighted by atomic mass is 127. The number of hydrogen-bond donors (Lipinski definition) is 2. The van der Waals surface area contributed by atoms with Gasteiger partial charge in [-0.25, -0.2) is 4.39 Å². The summed E-state index contributed by atoms with van der Waals surface area (Å²) in [6.07, 6.45) is 0. The van der Waals surface area contributed by atoms with Crippen LogP contribution in [0.15, 0.2) is 35.3 Å². The van der Waals surface area contributed by atoms with Gasteiger partial charge in [-0.15, -0.1) is 24.0 Å². The topological polar surface area (TPSA) is 64.1 Å². The number of aryl methyl sites for hydroxylation is 1. The molecule has 2 aromatic rings. The van der Waals surface area contributed by atoms with Gasteiger partial charge in [0.2, 0.25) is 0 Å². The smallest absolute Gasteiger partial charge is 0.191 e. The summed E-state index contributed by atoms with van der Waals surface area (Å²) in [6.45, 7) is 2.62. The number of hydrogen-bond acceptors (Lipinski definition) is 4. The van der Waals surface area contributed by atoms with Crippen LogP contribution in [0, 0.1) is 12.7 Å². The standard InChI is InChI=1S/C20H26FN3O3.HI/c1-13-6-7-14(8-17(13)21)11-23-20(22-2)24-12-16-18(26-4)9-15(25-3)10-19(16)27-5;/h6-10H,11-12H2,1-5H3,(H2,22,23,24);1H. The third-order valence-electron chi connectivity index (χ3n) is 4.17. The Morgan fingerprint density at radius 2 is 1.57 bits per heavy atom. The maximum atomic E-state index is 13.7. The zero-order valence-corrected chi connectivity index (χ0v) is 19.1. The minimum Gasteiger partial charge on any atom is -0.496 e. The fourth-order valence-corrected chi connectivity index (χ4v) is 2.58. The van der Waals surface area contributed by atoms with Crippen molar-refractivity contribution in [2.75, 3.05) is 28.4 Å². The Morgan fingerprint density at radius 1 is 0.964 bits per heavy atom. The lowest BCUT2D eigenvalue weighted by atomic mass is 10.1. The molecule has 0 aromatic heterocycles. The van der Waals surface area contributed by atoms with Gasteiger partial charge in [0.15, 0.2) is 5.96 Å². The Kier molecular flexibility index (Phi) is 9.84. The molecule has 6 nitrogen and oxygen atoms in total. The van der Waals surface area contributed by atoms with E-state index >= 15 is 0 Å². The van der Waals surface area contributed by atoms with E-state index in [0.29, 0.717) is 41.9 Å². The molecule has 0 amide bonds. The fourth-order valence-electron chi connectivity index (χ4n) is 2.58. The van der Waals surface area contributed by atoms with Crippen molar-refractivity contribution in [1.29, 1.82) is 0 Å². The molecule has 0 aliphatic rings.